The smallest absolute Gasteiger partial charge is 0.326 e. The monoisotopic (exact) mass is 486 g/mol. The molecular weight excluding hydrogens is 444 g/mol. The number of carbonyl (C=O) groups is 4. The predicted molar refractivity (Wildman–Crippen MR) is 129 cm³/mol. The summed E-state index contributed by atoms with van der Waals surface area (Å²) in [6.45, 7) is 5.94. The number of nitrogens with one attached hydrogen (secondary N) is 3. The Morgan fingerprint density at radius 1 is 0.853 bits per heavy atom. The number of unbranched alkanes of at least 4 members (excludes halogenated alkanes) is 1. The van der Waals surface area contributed by atoms with E-state index in [1.54, 1.807) is 0 Å². The highest BCUT2D eigenvalue weighted by Crippen LogP contribution is 2.07. The molecule has 0 unspecified atom stereocenters. The third-order valence-corrected chi connectivity index (χ3v) is 4.96. The lowest BCUT2D eigenvalue weighted by Crippen LogP contribution is -2.56. The van der Waals surface area contributed by atoms with Crippen LogP contribution in [0.5, 0.6) is 0 Å². The predicted octanol–water partition coefficient (Wildman–Crippen LogP) is -1.90. The van der Waals surface area contributed by atoms with Crippen LogP contribution in [0.25, 0.3) is 0 Å². The minimum Gasteiger partial charge on any atom is -0.480 e. The molecular formula is C21H42N8O5. The zero-order valence-corrected chi connectivity index (χ0v) is 20.4. The number of carboxylic acids is 1. The molecule has 0 aromatic heterocycles. The molecule has 4 atom stereocenters. The van der Waals surface area contributed by atoms with Gasteiger partial charge in [-0.2, -0.15) is 0 Å². The molecule has 0 heterocycles. The zero-order valence-electron chi connectivity index (χ0n) is 20.4. The second-order valence-electron chi connectivity index (χ2n) is 8.66. The Hall–Kier alpha value is -2.93. The number of nitrogens with two attached hydrogens (primary N) is 4. The maximum absolute atomic E-state index is 12.8. The lowest BCUT2D eigenvalue weighted by molar-refractivity contribution is -0.142. The molecule has 0 aromatic carbocycles. The second kappa shape index (κ2) is 16.6. The van der Waals surface area contributed by atoms with Gasteiger partial charge in [0.2, 0.25) is 17.7 Å². The lowest BCUT2D eigenvalue weighted by atomic mass is 10.0. The van der Waals surface area contributed by atoms with Crippen molar-refractivity contribution >= 4 is 29.7 Å². The maximum atomic E-state index is 12.8. The summed E-state index contributed by atoms with van der Waals surface area (Å²) in [4.78, 5) is 52.9. The average molecular weight is 487 g/mol. The molecule has 0 aromatic rings. The highest BCUT2D eigenvalue weighted by molar-refractivity contribution is 5.93. The first-order chi connectivity index (χ1) is 15.9. The third kappa shape index (κ3) is 13.6. The maximum Gasteiger partial charge on any atom is 0.326 e. The number of hydrogen-bond donors (Lipinski definition) is 8. The van der Waals surface area contributed by atoms with Crippen LogP contribution in [0.3, 0.4) is 0 Å². The van der Waals surface area contributed by atoms with Crippen LogP contribution in [0, 0.1) is 5.92 Å². The van der Waals surface area contributed by atoms with Crippen molar-refractivity contribution in [2.45, 2.75) is 83.5 Å². The number of aliphatic imine (C=N–C) groups is 1. The molecule has 13 heteroatoms. The van der Waals surface area contributed by atoms with Crippen LogP contribution in [0.4, 0.5) is 0 Å². The van der Waals surface area contributed by atoms with Crippen LogP contribution in [0.15, 0.2) is 4.99 Å². The van der Waals surface area contributed by atoms with Crippen LogP contribution >= 0.6 is 0 Å². The molecule has 0 aliphatic carbocycles. The first-order valence-corrected chi connectivity index (χ1v) is 11.5. The summed E-state index contributed by atoms with van der Waals surface area (Å²) < 4.78 is 0. The van der Waals surface area contributed by atoms with Crippen LogP contribution < -0.4 is 38.9 Å². The second-order valence-corrected chi connectivity index (χ2v) is 8.66. The van der Waals surface area contributed by atoms with E-state index in [9.17, 15) is 24.3 Å². The van der Waals surface area contributed by atoms with Gasteiger partial charge in [-0.25, -0.2) is 4.79 Å². The van der Waals surface area contributed by atoms with Gasteiger partial charge in [-0.1, -0.05) is 20.3 Å². The third-order valence-electron chi connectivity index (χ3n) is 4.96. The molecule has 0 rings (SSSR count). The average Bonchev–Trinajstić information content (AvgIpc) is 2.74. The molecule has 0 saturated heterocycles. The van der Waals surface area contributed by atoms with Crippen molar-refractivity contribution in [1.29, 1.82) is 0 Å². The fourth-order valence-electron chi connectivity index (χ4n) is 3.06. The molecule has 0 fully saturated rings. The van der Waals surface area contributed by atoms with Crippen molar-refractivity contribution in [3.63, 3.8) is 0 Å². The van der Waals surface area contributed by atoms with E-state index in [2.05, 4.69) is 20.9 Å². The molecule has 0 spiro atoms. The Morgan fingerprint density at radius 3 is 2.00 bits per heavy atom. The lowest BCUT2D eigenvalue weighted by Gasteiger charge is -2.24. The number of amides is 3. The van der Waals surface area contributed by atoms with Gasteiger partial charge in [0, 0.05) is 6.54 Å². The van der Waals surface area contributed by atoms with Gasteiger partial charge in [-0.05, 0) is 51.5 Å². The van der Waals surface area contributed by atoms with Gasteiger partial charge in [0.15, 0.2) is 5.96 Å². The summed E-state index contributed by atoms with van der Waals surface area (Å²) in [6.07, 6.45) is 2.66. The van der Waals surface area contributed by atoms with Crippen LogP contribution in [-0.4, -0.2) is 72.0 Å². The Labute approximate surface area is 200 Å². The zero-order chi connectivity index (χ0) is 26.3. The molecule has 12 N–H and O–H groups in total. The van der Waals surface area contributed by atoms with E-state index in [-0.39, 0.29) is 24.8 Å². The summed E-state index contributed by atoms with van der Waals surface area (Å²) >= 11 is 0. The highest BCUT2D eigenvalue weighted by atomic mass is 16.4. The fraction of sp³-hybridized carbons (Fsp3) is 0.762. The minimum atomic E-state index is -1.22. The quantitative estimate of drug-likeness (QED) is 0.0649. The number of hydrogen-bond acceptors (Lipinski definition) is 7. The molecule has 0 saturated carbocycles. The number of aliphatic carboxylic acids is 1. The molecule has 13 nitrogen and oxygen atoms in total. The summed E-state index contributed by atoms with van der Waals surface area (Å²) in [5.74, 6) is -2.93. The Kier molecular flexibility index (Phi) is 15.2. The van der Waals surface area contributed by atoms with Gasteiger partial charge in [-0.3, -0.25) is 19.4 Å². The van der Waals surface area contributed by atoms with E-state index in [1.165, 1.54) is 6.92 Å². The normalized spacial score (nSPS) is 14.4. The van der Waals surface area contributed by atoms with E-state index >= 15 is 0 Å². The van der Waals surface area contributed by atoms with Crippen LogP contribution in [0.1, 0.15) is 59.3 Å². The summed E-state index contributed by atoms with van der Waals surface area (Å²) in [5.41, 5.74) is 21.8. The number of carboxylic acid groups (broad SMARTS) is 1. The Balaban J connectivity index is 4.97. The summed E-state index contributed by atoms with van der Waals surface area (Å²) in [5, 5.41) is 16.9. The van der Waals surface area contributed by atoms with Gasteiger partial charge >= 0.3 is 5.97 Å². The van der Waals surface area contributed by atoms with E-state index < -0.39 is 47.9 Å². The summed E-state index contributed by atoms with van der Waals surface area (Å²) in [7, 11) is 0. The molecule has 196 valence electrons. The largest absolute Gasteiger partial charge is 0.480 e. The van der Waals surface area contributed by atoms with Crippen molar-refractivity contribution in [1.82, 2.24) is 16.0 Å². The van der Waals surface area contributed by atoms with E-state index in [1.807, 2.05) is 13.8 Å². The standard InChI is InChI=1S/C21H42N8O5/c1-12(2)11-16(29-18(31)14(23)7-4-5-9-22)19(32)27-13(3)17(30)28-15(20(33)34)8-6-10-26-21(24)25/h12-16H,4-11,22-23H2,1-3H3,(H,27,32)(H,28,30)(H,29,31)(H,33,34)(H4,24,25,26)/t13-,14-,15-,16-/m0/s1. The number of rotatable bonds is 17. The first kappa shape index (κ1) is 31.1. The molecule has 0 aliphatic rings. The van der Waals surface area contributed by atoms with Gasteiger partial charge in [0.25, 0.3) is 0 Å². The van der Waals surface area contributed by atoms with Crippen molar-refractivity contribution in [2.75, 3.05) is 13.1 Å². The van der Waals surface area contributed by atoms with Gasteiger partial charge < -0.3 is 44.0 Å². The highest BCUT2D eigenvalue weighted by Gasteiger charge is 2.28. The van der Waals surface area contributed by atoms with Crippen LogP contribution in [0.2, 0.25) is 0 Å². The minimum absolute atomic E-state index is 0.0789. The Morgan fingerprint density at radius 2 is 1.47 bits per heavy atom. The molecule has 0 aliphatic heterocycles. The van der Waals surface area contributed by atoms with Crippen molar-refractivity contribution in [3.8, 4) is 0 Å². The van der Waals surface area contributed by atoms with Crippen molar-refractivity contribution < 1.29 is 24.3 Å². The van der Waals surface area contributed by atoms with E-state index in [0.717, 1.165) is 6.42 Å². The number of carbonyl (C=O) groups excluding carboxylic acids is 3. The number of nitrogens with zero attached hydrogens (tertiary/aromatic N) is 1. The van der Waals surface area contributed by atoms with Gasteiger partial charge in [0.1, 0.15) is 18.1 Å². The molecule has 0 radical (unpaired) electrons. The van der Waals surface area contributed by atoms with Gasteiger partial charge in [-0.15, -0.1) is 0 Å². The summed E-state index contributed by atoms with van der Waals surface area (Å²) in [6, 6.07) is -3.86. The Bertz CT molecular complexity index is 697. The van der Waals surface area contributed by atoms with E-state index in [0.29, 0.717) is 32.2 Å². The fourth-order valence-corrected chi connectivity index (χ4v) is 3.06. The number of guanidine groups is 1. The van der Waals surface area contributed by atoms with Crippen molar-refractivity contribution in [3.05, 3.63) is 0 Å². The topological polar surface area (TPSA) is 241 Å². The SMILES string of the molecule is CC(C)C[C@H](NC(=O)[C@@H](N)CCCCN)C(=O)N[C@@H](C)C(=O)N[C@@H](CCCN=C(N)N)C(=O)O. The molecule has 34 heavy (non-hydrogen) atoms. The van der Waals surface area contributed by atoms with Gasteiger partial charge in [0.05, 0.1) is 6.04 Å². The van der Waals surface area contributed by atoms with Crippen molar-refractivity contribution in [2.24, 2.45) is 33.8 Å². The first-order valence-electron chi connectivity index (χ1n) is 11.5. The molecule has 0 bridgehead atoms. The van der Waals surface area contributed by atoms with Crippen LogP contribution in [-0.2, 0) is 19.2 Å². The van der Waals surface area contributed by atoms with E-state index in [4.69, 9.17) is 22.9 Å². The molecule has 3 amide bonds.